The van der Waals surface area contributed by atoms with Crippen molar-refractivity contribution < 1.29 is 9.90 Å². The minimum absolute atomic E-state index is 0.157. The topological polar surface area (TPSA) is 88.0 Å². The van der Waals surface area contributed by atoms with Crippen LogP contribution in [0, 0.1) is 6.92 Å². The van der Waals surface area contributed by atoms with Crippen molar-refractivity contribution >= 4 is 17.5 Å². The molecular formula is C20H19ClN4O2. The number of carbonyl (C=O) groups is 1. The number of nitrogens with zero attached hydrogens (tertiary/aromatic N) is 3. The first kappa shape index (κ1) is 18.9. The molecule has 1 amide bonds. The van der Waals surface area contributed by atoms with Gasteiger partial charge in [-0.2, -0.15) is 0 Å². The van der Waals surface area contributed by atoms with Crippen molar-refractivity contribution in [3.8, 4) is 22.6 Å². The van der Waals surface area contributed by atoms with E-state index in [1.807, 2.05) is 31.2 Å². The molecule has 0 aliphatic carbocycles. The van der Waals surface area contributed by atoms with Crippen LogP contribution in [0.3, 0.4) is 0 Å². The molecule has 138 valence electrons. The van der Waals surface area contributed by atoms with E-state index in [4.69, 9.17) is 11.6 Å². The third kappa shape index (κ3) is 4.67. The average Bonchev–Trinajstić information content (AvgIpc) is 2.68. The maximum Gasteiger partial charge on any atom is 0.270 e. The molecule has 7 heteroatoms. The monoisotopic (exact) mass is 382 g/mol. The number of aromatic nitrogens is 3. The molecule has 0 aliphatic rings. The van der Waals surface area contributed by atoms with Crippen molar-refractivity contribution in [3.63, 3.8) is 0 Å². The van der Waals surface area contributed by atoms with E-state index >= 15 is 0 Å². The van der Waals surface area contributed by atoms with Gasteiger partial charge in [0, 0.05) is 34.1 Å². The highest BCUT2D eigenvalue weighted by atomic mass is 35.5. The number of benzene rings is 1. The fourth-order valence-corrected chi connectivity index (χ4v) is 2.53. The third-order valence-electron chi connectivity index (χ3n) is 3.92. The quantitative estimate of drug-likeness (QED) is 0.707. The molecule has 0 unspecified atom stereocenters. The summed E-state index contributed by atoms with van der Waals surface area (Å²) in [6.07, 6.45) is 1.67. The van der Waals surface area contributed by atoms with Crippen LogP contribution >= 0.6 is 11.6 Å². The fraction of sp³-hybridized carbons (Fsp3) is 0.200. The molecule has 2 heterocycles. The van der Waals surface area contributed by atoms with Crippen molar-refractivity contribution in [1.29, 1.82) is 0 Å². The zero-order chi connectivity index (χ0) is 19.4. The van der Waals surface area contributed by atoms with Gasteiger partial charge in [0.2, 0.25) is 0 Å². The summed E-state index contributed by atoms with van der Waals surface area (Å²) in [6.45, 7) is 3.45. The van der Waals surface area contributed by atoms with Crippen molar-refractivity contribution in [2.24, 2.45) is 0 Å². The molecule has 0 aliphatic heterocycles. The number of aliphatic hydroxyl groups is 1. The summed E-state index contributed by atoms with van der Waals surface area (Å²) < 4.78 is 0. The van der Waals surface area contributed by atoms with Crippen LogP contribution in [0.1, 0.15) is 23.1 Å². The number of pyridine rings is 1. The van der Waals surface area contributed by atoms with Crippen molar-refractivity contribution in [3.05, 3.63) is 65.1 Å². The number of hydrogen-bond donors (Lipinski definition) is 2. The molecule has 27 heavy (non-hydrogen) atoms. The first-order chi connectivity index (χ1) is 13.0. The van der Waals surface area contributed by atoms with Crippen molar-refractivity contribution in [2.75, 3.05) is 6.61 Å². The summed E-state index contributed by atoms with van der Waals surface area (Å²) in [6, 6.07) is 12.2. The van der Waals surface area contributed by atoms with Crippen LogP contribution in [-0.2, 0) is 0 Å². The van der Waals surface area contributed by atoms with Gasteiger partial charge in [-0.3, -0.25) is 9.78 Å². The number of rotatable bonds is 5. The third-order valence-corrected chi connectivity index (χ3v) is 4.17. The minimum Gasteiger partial charge on any atom is -0.394 e. The normalized spacial score (nSPS) is 11.9. The second-order valence-electron chi connectivity index (χ2n) is 6.21. The molecule has 0 bridgehead atoms. The van der Waals surface area contributed by atoms with Gasteiger partial charge in [0.05, 0.1) is 12.3 Å². The number of nitrogens with one attached hydrogen (secondary N) is 1. The Bertz CT molecular complexity index is 879. The van der Waals surface area contributed by atoms with Gasteiger partial charge in [0.15, 0.2) is 5.82 Å². The first-order valence-electron chi connectivity index (χ1n) is 8.46. The SMILES string of the molecule is Cc1ccc(-c2nc(C(=O)N[C@@H](C)CO)cc(-c3ccc(Cl)cc3)n2)cn1. The molecule has 3 rings (SSSR count). The molecule has 2 N–H and O–H groups in total. The van der Waals surface area contributed by atoms with Gasteiger partial charge in [-0.05, 0) is 44.2 Å². The maximum absolute atomic E-state index is 12.5. The van der Waals surface area contributed by atoms with Crippen LogP contribution in [0.5, 0.6) is 0 Å². The van der Waals surface area contributed by atoms with Gasteiger partial charge in [0.1, 0.15) is 5.69 Å². The Kier molecular flexibility index (Phi) is 5.78. The predicted octanol–water partition coefficient (Wildman–Crippen LogP) is 3.28. The highest BCUT2D eigenvalue weighted by molar-refractivity contribution is 6.30. The van der Waals surface area contributed by atoms with E-state index in [-0.39, 0.29) is 24.2 Å². The fourth-order valence-electron chi connectivity index (χ4n) is 2.40. The first-order valence-corrected chi connectivity index (χ1v) is 8.84. The molecule has 6 nitrogen and oxygen atoms in total. The van der Waals surface area contributed by atoms with E-state index in [1.165, 1.54) is 0 Å². The van der Waals surface area contributed by atoms with Crippen LogP contribution < -0.4 is 5.32 Å². The van der Waals surface area contributed by atoms with Crippen LogP contribution in [0.15, 0.2) is 48.7 Å². The standard InChI is InChI=1S/C20H19ClN4O2/c1-12-3-4-15(10-22-12)19-24-17(14-5-7-16(21)8-6-14)9-18(25-19)20(27)23-13(2)11-26/h3-10,13,26H,11H2,1-2H3,(H,23,27)/t13-/m0/s1. The summed E-state index contributed by atoms with van der Waals surface area (Å²) in [5, 5.41) is 12.5. The minimum atomic E-state index is -0.379. The van der Waals surface area contributed by atoms with E-state index in [1.54, 1.807) is 31.3 Å². The Morgan fingerprint density at radius 3 is 2.48 bits per heavy atom. The largest absolute Gasteiger partial charge is 0.394 e. The molecule has 0 fully saturated rings. The van der Waals surface area contributed by atoms with E-state index in [0.29, 0.717) is 22.1 Å². The zero-order valence-electron chi connectivity index (χ0n) is 15.0. The number of halogens is 1. The molecular weight excluding hydrogens is 364 g/mol. The lowest BCUT2D eigenvalue weighted by Crippen LogP contribution is -2.35. The van der Waals surface area contributed by atoms with E-state index in [0.717, 1.165) is 11.3 Å². The molecule has 0 saturated carbocycles. The van der Waals surface area contributed by atoms with Crippen molar-refractivity contribution in [2.45, 2.75) is 19.9 Å². The predicted molar refractivity (Wildman–Crippen MR) is 104 cm³/mol. The Hall–Kier alpha value is -2.83. The van der Waals surface area contributed by atoms with E-state index in [9.17, 15) is 9.90 Å². The lowest BCUT2D eigenvalue weighted by molar-refractivity contribution is 0.0917. The molecule has 3 aromatic rings. The Labute approximate surface area is 162 Å². The highest BCUT2D eigenvalue weighted by Gasteiger charge is 2.16. The molecule has 0 radical (unpaired) electrons. The summed E-state index contributed by atoms with van der Waals surface area (Å²) in [5.74, 6) is 0.0206. The molecule has 1 aromatic carbocycles. The molecule has 1 atom stereocenters. The molecule has 2 aromatic heterocycles. The maximum atomic E-state index is 12.5. The lowest BCUT2D eigenvalue weighted by atomic mass is 10.1. The van der Waals surface area contributed by atoms with Gasteiger partial charge < -0.3 is 10.4 Å². The van der Waals surface area contributed by atoms with Gasteiger partial charge in [-0.1, -0.05) is 23.7 Å². The molecule has 0 saturated heterocycles. The van der Waals surface area contributed by atoms with E-state index < -0.39 is 0 Å². The Morgan fingerprint density at radius 2 is 1.85 bits per heavy atom. The summed E-state index contributed by atoms with van der Waals surface area (Å²) >= 11 is 5.97. The average molecular weight is 383 g/mol. The number of aliphatic hydroxyl groups excluding tert-OH is 1. The Morgan fingerprint density at radius 1 is 1.15 bits per heavy atom. The van der Waals surface area contributed by atoms with Gasteiger partial charge >= 0.3 is 0 Å². The van der Waals surface area contributed by atoms with Gasteiger partial charge in [0.25, 0.3) is 5.91 Å². The van der Waals surface area contributed by atoms with Crippen LogP contribution in [-0.4, -0.2) is 38.6 Å². The smallest absolute Gasteiger partial charge is 0.270 e. The second-order valence-corrected chi connectivity index (χ2v) is 6.65. The second kappa shape index (κ2) is 8.24. The summed E-state index contributed by atoms with van der Waals surface area (Å²) in [5.41, 5.74) is 3.21. The number of hydrogen-bond acceptors (Lipinski definition) is 5. The summed E-state index contributed by atoms with van der Waals surface area (Å²) in [7, 11) is 0. The summed E-state index contributed by atoms with van der Waals surface area (Å²) in [4.78, 5) is 25.8. The van der Waals surface area contributed by atoms with Gasteiger partial charge in [-0.25, -0.2) is 9.97 Å². The van der Waals surface area contributed by atoms with Crippen LogP contribution in [0.4, 0.5) is 0 Å². The lowest BCUT2D eigenvalue weighted by Gasteiger charge is -2.12. The molecule has 0 spiro atoms. The number of amides is 1. The van der Waals surface area contributed by atoms with E-state index in [2.05, 4.69) is 20.3 Å². The Balaban J connectivity index is 2.08. The number of aryl methyl sites for hydroxylation is 1. The van der Waals surface area contributed by atoms with Crippen molar-refractivity contribution in [1.82, 2.24) is 20.3 Å². The van der Waals surface area contributed by atoms with Crippen LogP contribution in [0.25, 0.3) is 22.6 Å². The van der Waals surface area contributed by atoms with Gasteiger partial charge in [-0.15, -0.1) is 0 Å². The highest BCUT2D eigenvalue weighted by Crippen LogP contribution is 2.24. The zero-order valence-corrected chi connectivity index (χ0v) is 15.7. The van der Waals surface area contributed by atoms with Crippen LogP contribution in [0.2, 0.25) is 5.02 Å². The number of carbonyl (C=O) groups excluding carboxylic acids is 1.